The van der Waals surface area contributed by atoms with Gasteiger partial charge in [0.1, 0.15) is 5.01 Å². The van der Waals surface area contributed by atoms with Gasteiger partial charge in [-0.25, -0.2) is 9.97 Å². The highest BCUT2D eigenvalue weighted by Crippen LogP contribution is 2.42. The van der Waals surface area contributed by atoms with Gasteiger partial charge in [0.15, 0.2) is 0 Å². The first-order valence-corrected chi connectivity index (χ1v) is 20.0. The molecule has 0 aliphatic carbocycles. The average molecular weight is 792 g/mol. The summed E-state index contributed by atoms with van der Waals surface area (Å²) in [6, 6.07) is 18.1. The van der Waals surface area contributed by atoms with Crippen LogP contribution < -0.4 is 10.1 Å². The Morgan fingerprint density at radius 3 is 2.43 bits per heavy atom. The van der Waals surface area contributed by atoms with Crippen molar-refractivity contribution in [2.75, 3.05) is 20.2 Å². The summed E-state index contributed by atoms with van der Waals surface area (Å²) in [5.74, 6) is -0.257. The number of aromatic nitrogens is 2. The Balaban J connectivity index is 1.12. The van der Waals surface area contributed by atoms with Gasteiger partial charge in [-0.05, 0) is 93.4 Å². The number of carbonyl (C=O) groups excluding carboxylic acids is 1. The van der Waals surface area contributed by atoms with Crippen LogP contribution >= 0.6 is 46.1 Å². The van der Waals surface area contributed by atoms with E-state index in [-0.39, 0.29) is 17.9 Å². The fraction of sp³-hybridized carbons (Fsp3) is 0.366. The van der Waals surface area contributed by atoms with Gasteiger partial charge in [0.2, 0.25) is 11.8 Å². The minimum Gasteiger partial charge on any atom is -0.481 e. The number of hydrogen-bond donors (Lipinski definition) is 2. The molecule has 0 bridgehead atoms. The maximum Gasteiger partial charge on any atom is 0.306 e. The number of methoxy groups -OCH3 is 1. The molecule has 2 fully saturated rings. The summed E-state index contributed by atoms with van der Waals surface area (Å²) >= 11 is 22.6. The Morgan fingerprint density at radius 2 is 1.72 bits per heavy atom. The van der Waals surface area contributed by atoms with Crippen LogP contribution in [0, 0.1) is 12.8 Å². The third-order valence-corrected chi connectivity index (χ3v) is 12.5. The number of carboxylic acids is 1. The van der Waals surface area contributed by atoms with Crippen LogP contribution in [0.15, 0.2) is 54.6 Å². The summed E-state index contributed by atoms with van der Waals surface area (Å²) in [5, 5.41) is 15.2. The Kier molecular flexibility index (Phi) is 11.6. The Morgan fingerprint density at radius 1 is 0.981 bits per heavy atom. The van der Waals surface area contributed by atoms with Crippen LogP contribution in [-0.2, 0) is 29.0 Å². The van der Waals surface area contributed by atoms with E-state index >= 15 is 0 Å². The van der Waals surface area contributed by atoms with E-state index in [9.17, 15) is 14.7 Å². The largest absolute Gasteiger partial charge is 0.481 e. The van der Waals surface area contributed by atoms with Gasteiger partial charge in [-0.15, -0.1) is 11.3 Å². The molecule has 2 saturated heterocycles. The number of halogens is 3. The third kappa shape index (κ3) is 8.35. The lowest BCUT2D eigenvalue weighted by molar-refractivity contribution is -0.143. The fourth-order valence-electron chi connectivity index (χ4n) is 7.61. The SMILES string of the molecule is COc1nc(-c2cccc(-c3cccc(Cc4cc(Cl)cc5sc(CN6CCC(C(=O)O)CC6)nc45)c3Cl)c2Cl)cc(C)c1CCC[C@@H]1CCC(=O)N1. The van der Waals surface area contributed by atoms with E-state index < -0.39 is 5.97 Å². The number of aryl methyl sites for hydroxylation is 1. The van der Waals surface area contributed by atoms with Crippen LogP contribution in [0.5, 0.6) is 5.88 Å². The molecule has 1 amide bonds. The third-order valence-electron chi connectivity index (χ3n) is 10.5. The van der Waals surface area contributed by atoms with E-state index in [4.69, 9.17) is 49.5 Å². The molecule has 0 radical (unpaired) electrons. The van der Waals surface area contributed by atoms with Gasteiger partial charge in [-0.1, -0.05) is 71.2 Å². The molecule has 7 rings (SSSR count). The van der Waals surface area contributed by atoms with Crippen molar-refractivity contribution in [1.29, 1.82) is 0 Å². The number of carboxylic acid groups (broad SMARTS) is 1. The second kappa shape index (κ2) is 16.3. The molecule has 8 nitrogen and oxygen atoms in total. The summed E-state index contributed by atoms with van der Waals surface area (Å²) < 4.78 is 6.79. The molecule has 0 spiro atoms. The van der Waals surface area contributed by atoms with Crippen LogP contribution in [0.4, 0.5) is 0 Å². The molecule has 5 aromatic rings. The standard InChI is InChI=1S/C41H41Cl3N4O4S/c1-23-18-33(46-40(52-2)29(23)8-4-7-28-12-13-35(49)45-28)32-11-5-10-31(38(32)44)30-9-3-6-25(37(30)43)19-26-20-27(42)21-34-39(26)47-36(53-34)22-48-16-14-24(15-17-48)41(50)51/h3,5-6,9-11,18,20-21,24,28H,4,7-8,12-17,19,22H2,1-2H3,(H,45,49)(H,50,51)/t28-/m1/s1. The number of aliphatic carboxylic acids is 1. The molecule has 2 aromatic heterocycles. The van der Waals surface area contributed by atoms with Crippen LogP contribution in [-0.4, -0.2) is 58.1 Å². The highest BCUT2D eigenvalue weighted by atomic mass is 35.5. The number of ether oxygens (including phenoxy) is 1. The zero-order chi connectivity index (χ0) is 37.2. The highest BCUT2D eigenvalue weighted by molar-refractivity contribution is 7.18. The lowest BCUT2D eigenvalue weighted by Gasteiger charge is -2.29. The van der Waals surface area contributed by atoms with Gasteiger partial charge in [-0.2, -0.15) is 0 Å². The number of hydrogen-bond acceptors (Lipinski definition) is 7. The molecule has 1 atom stereocenters. The second-order valence-corrected chi connectivity index (χ2v) is 16.3. The van der Waals surface area contributed by atoms with Crippen molar-refractivity contribution in [2.24, 2.45) is 5.92 Å². The van der Waals surface area contributed by atoms with E-state index in [0.717, 1.165) is 98.6 Å². The number of thiazole rings is 1. The van der Waals surface area contributed by atoms with Gasteiger partial charge in [0.05, 0.1) is 45.5 Å². The molecule has 2 N–H and O–H groups in total. The smallest absolute Gasteiger partial charge is 0.306 e. The number of piperidine rings is 1. The molecule has 0 saturated carbocycles. The number of benzene rings is 3. The van der Waals surface area contributed by atoms with Crippen molar-refractivity contribution in [3.05, 3.63) is 96.9 Å². The molecule has 3 aromatic carbocycles. The van der Waals surface area contributed by atoms with Crippen LogP contribution in [0.1, 0.15) is 65.8 Å². The normalized spacial score (nSPS) is 16.7. The van der Waals surface area contributed by atoms with E-state index in [0.29, 0.717) is 53.2 Å². The first-order valence-electron chi connectivity index (χ1n) is 18.0. The molecule has 4 heterocycles. The Hall–Kier alpha value is -3.73. The summed E-state index contributed by atoms with van der Waals surface area (Å²) in [5.41, 5.74) is 8.07. The van der Waals surface area contributed by atoms with Crippen molar-refractivity contribution in [3.8, 4) is 28.3 Å². The summed E-state index contributed by atoms with van der Waals surface area (Å²) in [6.07, 6.45) is 5.99. The number of nitrogens with one attached hydrogen (secondary N) is 1. The molecule has 12 heteroatoms. The molecule has 0 unspecified atom stereocenters. The van der Waals surface area contributed by atoms with Crippen LogP contribution in [0.25, 0.3) is 32.6 Å². The van der Waals surface area contributed by atoms with Gasteiger partial charge in [-0.3, -0.25) is 14.5 Å². The van der Waals surface area contributed by atoms with E-state index in [2.05, 4.69) is 23.2 Å². The van der Waals surface area contributed by atoms with Gasteiger partial charge in [0, 0.05) is 46.2 Å². The van der Waals surface area contributed by atoms with E-state index in [1.807, 2.05) is 48.5 Å². The molecular weight excluding hydrogens is 751 g/mol. The molecule has 276 valence electrons. The Labute approximate surface area is 328 Å². The minimum absolute atomic E-state index is 0.138. The lowest BCUT2D eigenvalue weighted by Crippen LogP contribution is -2.35. The fourth-order valence-corrected chi connectivity index (χ4v) is 9.63. The van der Waals surface area contributed by atoms with E-state index in [1.165, 1.54) is 0 Å². The van der Waals surface area contributed by atoms with Crippen LogP contribution in [0.2, 0.25) is 15.1 Å². The van der Waals surface area contributed by atoms with Gasteiger partial charge >= 0.3 is 5.97 Å². The van der Waals surface area contributed by atoms with E-state index in [1.54, 1.807) is 18.4 Å². The van der Waals surface area contributed by atoms with Crippen molar-refractivity contribution in [3.63, 3.8) is 0 Å². The number of pyridine rings is 1. The summed E-state index contributed by atoms with van der Waals surface area (Å²) in [4.78, 5) is 35.2. The second-order valence-electron chi connectivity index (χ2n) is 14.0. The first kappa shape index (κ1) is 37.6. The van der Waals surface area contributed by atoms with Crippen LogP contribution in [0.3, 0.4) is 0 Å². The number of nitrogens with zero attached hydrogens (tertiary/aromatic N) is 3. The highest BCUT2D eigenvalue weighted by Gasteiger charge is 2.26. The van der Waals surface area contributed by atoms with Gasteiger partial charge < -0.3 is 15.2 Å². The quantitative estimate of drug-likeness (QED) is 0.130. The maximum atomic E-state index is 11.6. The number of carbonyl (C=O) groups is 2. The van der Waals surface area contributed by atoms with Crippen molar-refractivity contribution < 1.29 is 19.4 Å². The van der Waals surface area contributed by atoms with Crippen molar-refractivity contribution in [2.45, 2.75) is 70.9 Å². The summed E-state index contributed by atoms with van der Waals surface area (Å²) in [6.45, 7) is 4.23. The number of fused-ring (bicyclic) bond motifs is 1. The molecule has 2 aliphatic heterocycles. The predicted octanol–water partition coefficient (Wildman–Crippen LogP) is 9.79. The zero-order valence-corrected chi connectivity index (χ0v) is 32.8. The summed E-state index contributed by atoms with van der Waals surface area (Å²) in [7, 11) is 1.64. The molecular formula is C41H41Cl3N4O4S. The molecule has 2 aliphatic rings. The number of rotatable bonds is 12. The zero-order valence-electron chi connectivity index (χ0n) is 29.7. The average Bonchev–Trinajstić information content (AvgIpc) is 3.75. The number of amides is 1. The number of likely N-dealkylation sites (tertiary alicyclic amines) is 1. The lowest BCUT2D eigenvalue weighted by atomic mass is 9.95. The first-order chi connectivity index (χ1) is 25.6. The van der Waals surface area contributed by atoms with Crippen molar-refractivity contribution >= 4 is 68.2 Å². The topological polar surface area (TPSA) is 105 Å². The maximum absolute atomic E-state index is 11.6. The molecule has 53 heavy (non-hydrogen) atoms. The minimum atomic E-state index is -0.708. The Bertz CT molecular complexity index is 2180. The van der Waals surface area contributed by atoms with Crippen molar-refractivity contribution in [1.82, 2.24) is 20.2 Å². The van der Waals surface area contributed by atoms with Gasteiger partial charge in [0.25, 0.3) is 0 Å². The monoisotopic (exact) mass is 790 g/mol. The predicted molar refractivity (Wildman–Crippen MR) is 214 cm³/mol.